The van der Waals surface area contributed by atoms with Gasteiger partial charge in [0.2, 0.25) is 0 Å². The van der Waals surface area contributed by atoms with E-state index >= 15 is 0 Å². The first-order valence-electron chi connectivity index (χ1n) is 13.3. The first-order chi connectivity index (χ1) is 16.3. The fourth-order valence-electron chi connectivity index (χ4n) is 5.92. The molecule has 8 heteroatoms. The minimum atomic E-state index is -1.56. The van der Waals surface area contributed by atoms with Crippen LogP contribution in [0.2, 0.25) is 0 Å². The molecule has 8 unspecified atom stereocenters. The molecule has 34 heavy (non-hydrogen) atoms. The maximum atomic E-state index is 12.5. The number of ether oxygens (including phenoxy) is 1. The van der Waals surface area contributed by atoms with Crippen LogP contribution < -0.4 is 11.1 Å². The third-order valence-electron chi connectivity index (χ3n) is 7.95. The summed E-state index contributed by atoms with van der Waals surface area (Å²) in [6.07, 6.45) is 6.10. The second-order valence-electron chi connectivity index (χ2n) is 10.7. The number of methoxy groups -OCH3 is 1. The van der Waals surface area contributed by atoms with Crippen LogP contribution in [0.1, 0.15) is 84.0 Å². The zero-order chi connectivity index (χ0) is 25.1. The van der Waals surface area contributed by atoms with Crippen LogP contribution in [0.3, 0.4) is 0 Å². The van der Waals surface area contributed by atoms with Crippen LogP contribution >= 0.6 is 0 Å². The lowest BCUT2D eigenvalue weighted by molar-refractivity contribution is -0.139. The third-order valence-corrected chi connectivity index (χ3v) is 7.95. The summed E-state index contributed by atoms with van der Waals surface area (Å²) in [4.78, 5) is 24.8. The molecule has 1 saturated heterocycles. The summed E-state index contributed by atoms with van der Waals surface area (Å²) in [6.45, 7) is 3.06. The topological polar surface area (TPSA) is 142 Å². The summed E-state index contributed by atoms with van der Waals surface area (Å²) >= 11 is 0. The van der Waals surface area contributed by atoms with E-state index in [0.717, 1.165) is 51.5 Å². The lowest BCUT2D eigenvalue weighted by atomic mass is 9.71. The number of rotatable bonds is 15. The highest BCUT2D eigenvalue weighted by atomic mass is 16.5. The van der Waals surface area contributed by atoms with Gasteiger partial charge in [0.25, 0.3) is 0 Å². The van der Waals surface area contributed by atoms with Crippen LogP contribution in [-0.4, -0.2) is 71.6 Å². The summed E-state index contributed by atoms with van der Waals surface area (Å²) in [6, 6.07) is 0. The van der Waals surface area contributed by atoms with Crippen molar-refractivity contribution in [3.05, 3.63) is 0 Å². The number of nitrogens with two attached hydrogens (primary N) is 1. The maximum absolute atomic E-state index is 12.5. The van der Waals surface area contributed by atoms with Crippen molar-refractivity contribution in [3.63, 3.8) is 0 Å². The van der Waals surface area contributed by atoms with Crippen LogP contribution in [0.15, 0.2) is 0 Å². The SMILES string of the molecule is CCCC(CO)CCCC(=O)C(O)C(=O)CCC1CC(CC2CCNC(N)C2)C(O)C(OC)C1. The van der Waals surface area contributed by atoms with Gasteiger partial charge in [-0.15, -0.1) is 0 Å². The largest absolute Gasteiger partial charge is 0.396 e. The van der Waals surface area contributed by atoms with Crippen LogP contribution in [0.5, 0.6) is 0 Å². The van der Waals surface area contributed by atoms with Crippen LogP contribution in [0.4, 0.5) is 0 Å². The first kappa shape index (κ1) is 29.3. The highest BCUT2D eigenvalue weighted by Gasteiger charge is 2.38. The Morgan fingerprint density at radius 1 is 1.12 bits per heavy atom. The van der Waals surface area contributed by atoms with E-state index in [-0.39, 0.29) is 49.5 Å². The maximum Gasteiger partial charge on any atom is 0.170 e. The Bertz CT molecular complexity index is 618. The summed E-state index contributed by atoms with van der Waals surface area (Å²) in [7, 11) is 1.61. The fourth-order valence-corrected chi connectivity index (χ4v) is 5.92. The van der Waals surface area contributed by atoms with Gasteiger partial charge in [-0.1, -0.05) is 13.3 Å². The van der Waals surface area contributed by atoms with Crippen molar-refractivity contribution in [2.75, 3.05) is 20.3 Å². The highest BCUT2D eigenvalue weighted by Crippen LogP contribution is 2.38. The fraction of sp³-hybridized carbons (Fsp3) is 0.923. The quantitative estimate of drug-likeness (QED) is 0.222. The molecule has 0 aromatic carbocycles. The van der Waals surface area contributed by atoms with Crippen LogP contribution in [0, 0.1) is 23.7 Å². The molecule has 0 bridgehead atoms. The van der Waals surface area contributed by atoms with Gasteiger partial charge in [-0.05, 0) is 88.0 Å². The summed E-state index contributed by atoms with van der Waals surface area (Å²) in [5, 5.41) is 33.7. The predicted molar refractivity (Wildman–Crippen MR) is 131 cm³/mol. The van der Waals surface area contributed by atoms with Crippen molar-refractivity contribution < 1.29 is 29.6 Å². The molecule has 1 heterocycles. The van der Waals surface area contributed by atoms with Gasteiger partial charge in [0.15, 0.2) is 17.7 Å². The van der Waals surface area contributed by atoms with Gasteiger partial charge >= 0.3 is 0 Å². The van der Waals surface area contributed by atoms with Crippen molar-refractivity contribution in [1.29, 1.82) is 0 Å². The number of nitrogens with one attached hydrogen (secondary N) is 1. The summed E-state index contributed by atoms with van der Waals surface area (Å²) < 4.78 is 5.56. The monoisotopic (exact) mass is 484 g/mol. The van der Waals surface area contributed by atoms with E-state index in [1.807, 2.05) is 0 Å². The number of hydrogen-bond acceptors (Lipinski definition) is 8. The van der Waals surface area contributed by atoms with Crippen LogP contribution in [-0.2, 0) is 14.3 Å². The lowest BCUT2D eigenvalue weighted by Gasteiger charge is -2.41. The molecule has 1 aliphatic heterocycles. The molecule has 0 amide bonds. The molecule has 0 aromatic heterocycles. The Hall–Kier alpha value is -0.900. The van der Waals surface area contributed by atoms with E-state index < -0.39 is 23.8 Å². The minimum absolute atomic E-state index is 0.00585. The third kappa shape index (κ3) is 9.28. The average molecular weight is 485 g/mol. The molecule has 0 aromatic rings. The zero-order valence-electron chi connectivity index (χ0n) is 21.2. The van der Waals surface area contributed by atoms with E-state index in [4.69, 9.17) is 10.5 Å². The molecule has 8 atom stereocenters. The molecule has 1 saturated carbocycles. The summed E-state index contributed by atoms with van der Waals surface area (Å²) in [5.41, 5.74) is 6.05. The molecule has 0 radical (unpaired) electrons. The Balaban J connectivity index is 1.80. The van der Waals surface area contributed by atoms with Crippen molar-refractivity contribution in [2.45, 2.75) is 108 Å². The van der Waals surface area contributed by atoms with Crippen molar-refractivity contribution in [2.24, 2.45) is 29.4 Å². The van der Waals surface area contributed by atoms with E-state index in [0.29, 0.717) is 25.2 Å². The Morgan fingerprint density at radius 3 is 2.50 bits per heavy atom. The number of aliphatic hydroxyl groups excluding tert-OH is 3. The Kier molecular flexibility index (Phi) is 13.2. The number of hydrogen-bond donors (Lipinski definition) is 5. The molecule has 2 rings (SSSR count). The molecule has 2 fully saturated rings. The van der Waals surface area contributed by atoms with Gasteiger partial charge in [-0.3, -0.25) is 9.59 Å². The predicted octanol–water partition coefficient (Wildman–Crippen LogP) is 1.92. The molecule has 6 N–H and O–H groups in total. The first-order valence-corrected chi connectivity index (χ1v) is 13.3. The molecule has 8 nitrogen and oxygen atoms in total. The van der Waals surface area contributed by atoms with E-state index in [1.165, 1.54) is 0 Å². The van der Waals surface area contributed by atoms with Crippen LogP contribution in [0.25, 0.3) is 0 Å². The van der Waals surface area contributed by atoms with E-state index in [1.54, 1.807) is 7.11 Å². The molecular formula is C26H48N2O6. The Labute approximate surface area is 205 Å². The molecule has 0 spiro atoms. The second-order valence-corrected chi connectivity index (χ2v) is 10.7. The molecular weight excluding hydrogens is 436 g/mol. The standard InChI is InChI=1S/C26H48N2O6/c1-3-5-17(16-29)6-4-7-21(30)26(33)22(31)9-8-18-12-20(25(32)23(14-18)34-2)13-19-10-11-28-24(27)15-19/h17-20,23-26,28-29,32-33H,3-16,27H2,1-2H3. The van der Waals surface area contributed by atoms with Gasteiger partial charge in [0.05, 0.1) is 18.4 Å². The van der Waals surface area contributed by atoms with Gasteiger partial charge in [0, 0.05) is 26.6 Å². The molecule has 1 aliphatic carbocycles. The Morgan fingerprint density at radius 2 is 1.85 bits per heavy atom. The number of carbonyl (C=O) groups excluding carboxylic acids is 2. The van der Waals surface area contributed by atoms with Crippen molar-refractivity contribution in [1.82, 2.24) is 5.32 Å². The van der Waals surface area contributed by atoms with E-state index in [2.05, 4.69) is 12.2 Å². The second kappa shape index (κ2) is 15.3. The van der Waals surface area contributed by atoms with Crippen molar-refractivity contribution >= 4 is 11.6 Å². The molecule has 2 aliphatic rings. The number of aliphatic hydroxyl groups is 3. The lowest BCUT2D eigenvalue weighted by Crippen LogP contribution is -2.47. The van der Waals surface area contributed by atoms with Gasteiger partial charge in [-0.2, -0.15) is 0 Å². The number of carbonyl (C=O) groups is 2. The highest BCUT2D eigenvalue weighted by molar-refractivity contribution is 6.04. The van der Waals surface area contributed by atoms with Gasteiger partial charge < -0.3 is 31.1 Å². The van der Waals surface area contributed by atoms with Crippen molar-refractivity contribution in [3.8, 4) is 0 Å². The number of piperidine rings is 1. The van der Waals surface area contributed by atoms with Gasteiger partial charge in [-0.25, -0.2) is 0 Å². The number of Topliss-reactive ketones (excluding diaryl/α,β-unsaturated/α-hetero) is 2. The summed E-state index contributed by atoms with van der Waals surface area (Å²) in [5.74, 6) is 0.110. The molecule has 198 valence electrons. The normalized spacial score (nSPS) is 31.7. The smallest absolute Gasteiger partial charge is 0.170 e. The minimum Gasteiger partial charge on any atom is -0.396 e. The zero-order valence-corrected chi connectivity index (χ0v) is 21.2. The van der Waals surface area contributed by atoms with E-state index in [9.17, 15) is 24.9 Å². The van der Waals surface area contributed by atoms with Gasteiger partial charge in [0.1, 0.15) is 0 Å². The average Bonchev–Trinajstić information content (AvgIpc) is 2.82. The number of ketones is 2.